The maximum Gasteiger partial charge on any atom is 0.251 e. The van der Waals surface area contributed by atoms with Gasteiger partial charge in [0.05, 0.1) is 15.9 Å². The minimum atomic E-state index is -0.219. The van der Waals surface area contributed by atoms with E-state index in [0.29, 0.717) is 18.0 Å². The molecular formula is C29H30N6OS. The number of carbonyl (C=O) groups is 1. The molecule has 1 N–H and O–H groups in total. The van der Waals surface area contributed by atoms with Crippen molar-refractivity contribution in [3.63, 3.8) is 0 Å². The lowest BCUT2D eigenvalue weighted by Gasteiger charge is -2.18. The number of rotatable bonds is 9. The Labute approximate surface area is 220 Å². The van der Waals surface area contributed by atoms with Gasteiger partial charge in [-0.3, -0.25) is 9.20 Å². The molecule has 0 spiro atoms. The van der Waals surface area contributed by atoms with E-state index < -0.39 is 0 Å². The van der Waals surface area contributed by atoms with Gasteiger partial charge in [-0.25, -0.2) is 4.98 Å². The molecule has 1 fully saturated rings. The standard InChI is InChI=1S/C29H30N6OS/c1-3-4-12-29(32-33-29)13-15-34-14-11-21(18-34)17-30-27(36)23-9-10-25-26(16-23)37-28-31-24(19-35(25)28)22-7-5-20(2)6-8-22/h1,5-10,16,19,21H,4,11-15,17-18H2,2H3,(H,30,36)/t21-/m0/s1. The third kappa shape index (κ3) is 5.02. The highest BCUT2D eigenvalue weighted by Crippen LogP contribution is 2.37. The van der Waals surface area contributed by atoms with Crippen LogP contribution in [0.15, 0.2) is 58.9 Å². The Morgan fingerprint density at radius 2 is 2.05 bits per heavy atom. The number of aromatic nitrogens is 2. The second-order valence-corrected chi connectivity index (χ2v) is 11.2. The summed E-state index contributed by atoms with van der Waals surface area (Å²) in [5.41, 5.74) is 4.85. The van der Waals surface area contributed by atoms with E-state index in [-0.39, 0.29) is 11.6 Å². The number of nitrogens with one attached hydrogen (secondary N) is 1. The maximum absolute atomic E-state index is 12.9. The van der Waals surface area contributed by atoms with Crippen LogP contribution in [0, 0.1) is 25.2 Å². The lowest BCUT2D eigenvalue weighted by molar-refractivity contribution is 0.0947. The van der Waals surface area contributed by atoms with Crippen LogP contribution in [0.3, 0.4) is 0 Å². The highest BCUT2D eigenvalue weighted by atomic mass is 32.1. The number of terminal acetylenes is 1. The van der Waals surface area contributed by atoms with Gasteiger partial charge in [0.1, 0.15) is 0 Å². The summed E-state index contributed by atoms with van der Waals surface area (Å²) in [5.74, 6) is 3.13. The van der Waals surface area contributed by atoms with Crippen molar-refractivity contribution in [1.29, 1.82) is 0 Å². The maximum atomic E-state index is 12.9. The average Bonchev–Trinajstić information content (AvgIpc) is 3.20. The topological polar surface area (TPSA) is 74.4 Å². The molecule has 188 valence electrons. The SMILES string of the molecule is C#CCCC1(CCN2CC[C@@H](CNC(=O)c3ccc4c(c3)sc3nc(-c5ccc(C)cc5)cn34)C2)N=N1. The van der Waals surface area contributed by atoms with Gasteiger partial charge in [-0.05, 0) is 44.0 Å². The Morgan fingerprint density at radius 1 is 1.22 bits per heavy atom. The molecule has 7 nitrogen and oxygen atoms in total. The summed E-state index contributed by atoms with van der Waals surface area (Å²) in [6, 6.07) is 14.3. The molecule has 37 heavy (non-hydrogen) atoms. The molecule has 1 saturated heterocycles. The zero-order chi connectivity index (χ0) is 25.4. The highest BCUT2D eigenvalue weighted by Gasteiger charge is 2.39. The summed E-state index contributed by atoms with van der Waals surface area (Å²) >= 11 is 1.61. The van der Waals surface area contributed by atoms with E-state index in [1.54, 1.807) is 11.3 Å². The molecule has 2 aliphatic heterocycles. The van der Waals surface area contributed by atoms with Gasteiger partial charge < -0.3 is 10.2 Å². The number of carbonyl (C=O) groups excluding carboxylic acids is 1. The quantitative estimate of drug-likeness (QED) is 0.300. The van der Waals surface area contributed by atoms with Crippen molar-refractivity contribution in [3.05, 3.63) is 59.8 Å². The number of fused-ring (bicyclic) bond motifs is 3. The summed E-state index contributed by atoms with van der Waals surface area (Å²) in [4.78, 5) is 21.1. The normalized spacial score (nSPS) is 18.4. The summed E-state index contributed by atoms with van der Waals surface area (Å²) in [6.45, 7) is 5.80. The largest absolute Gasteiger partial charge is 0.352 e. The molecule has 0 unspecified atom stereocenters. The van der Waals surface area contributed by atoms with Crippen molar-refractivity contribution in [2.75, 3.05) is 26.2 Å². The molecule has 0 aliphatic carbocycles. The van der Waals surface area contributed by atoms with Crippen molar-refractivity contribution in [1.82, 2.24) is 19.6 Å². The van der Waals surface area contributed by atoms with Gasteiger partial charge in [0.15, 0.2) is 10.6 Å². The molecule has 4 heterocycles. The molecule has 6 rings (SSSR count). The Balaban J connectivity index is 1.04. The lowest BCUT2D eigenvalue weighted by Crippen LogP contribution is -2.32. The molecule has 0 radical (unpaired) electrons. The van der Waals surface area contributed by atoms with Crippen molar-refractivity contribution >= 4 is 32.4 Å². The average molecular weight is 511 g/mol. The zero-order valence-electron chi connectivity index (χ0n) is 21.0. The Hall–Kier alpha value is -3.54. The number of hydrogen-bond donors (Lipinski definition) is 1. The molecule has 1 atom stereocenters. The van der Waals surface area contributed by atoms with Gasteiger partial charge in [0.25, 0.3) is 5.91 Å². The molecular weight excluding hydrogens is 480 g/mol. The monoisotopic (exact) mass is 510 g/mol. The van der Waals surface area contributed by atoms with Gasteiger partial charge in [-0.15, -0.1) is 12.3 Å². The third-order valence-corrected chi connectivity index (χ3v) is 8.52. The van der Waals surface area contributed by atoms with Crippen LogP contribution < -0.4 is 5.32 Å². The predicted octanol–water partition coefficient (Wildman–Crippen LogP) is 5.54. The van der Waals surface area contributed by atoms with Gasteiger partial charge in [0.2, 0.25) is 0 Å². The number of imidazole rings is 1. The van der Waals surface area contributed by atoms with Crippen LogP contribution in [-0.4, -0.2) is 52.0 Å². The van der Waals surface area contributed by atoms with Crippen LogP contribution in [0.1, 0.15) is 41.6 Å². The molecule has 2 aliphatic rings. The van der Waals surface area contributed by atoms with Crippen LogP contribution in [0.5, 0.6) is 0 Å². The van der Waals surface area contributed by atoms with E-state index in [4.69, 9.17) is 11.4 Å². The van der Waals surface area contributed by atoms with Crippen LogP contribution in [-0.2, 0) is 0 Å². The highest BCUT2D eigenvalue weighted by molar-refractivity contribution is 7.23. The molecule has 2 aromatic carbocycles. The summed E-state index contributed by atoms with van der Waals surface area (Å²) in [6.07, 6.45) is 11.1. The number of benzene rings is 2. The minimum absolute atomic E-state index is 0.0180. The molecule has 0 bridgehead atoms. The fourth-order valence-corrected chi connectivity index (χ4v) is 6.18. The van der Waals surface area contributed by atoms with E-state index in [1.807, 2.05) is 18.2 Å². The second-order valence-electron chi connectivity index (χ2n) is 10.2. The van der Waals surface area contributed by atoms with E-state index in [2.05, 4.69) is 68.2 Å². The number of thiazole rings is 1. The van der Waals surface area contributed by atoms with Crippen molar-refractivity contribution in [2.45, 2.75) is 38.3 Å². The van der Waals surface area contributed by atoms with E-state index >= 15 is 0 Å². The number of amides is 1. The van der Waals surface area contributed by atoms with E-state index in [0.717, 1.165) is 71.8 Å². The van der Waals surface area contributed by atoms with E-state index in [1.165, 1.54) is 5.56 Å². The Morgan fingerprint density at radius 3 is 2.84 bits per heavy atom. The molecule has 4 aromatic rings. The first-order valence-corrected chi connectivity index (χ1v) is 13.7. The second kappa shape index (κ2) is 9.73. The van der Waals surface area contributed by atoms with Crippen molar-refractivity contribution < 1.29 is 4.79 Å². The molecule has 2 aromatic heterocycles. The zero-order valence-corrected chi connectivity index (χ0v) is 21.8. The van der Waals surface area contributed by atoms with Crippen LogP contribution in [0.25, 0.3) is 26.4 Å². The summed E-state index contributed by atoms with van der Waals surface area (Å²) < 4.78 is 3.18. The van der Waals surface area contributed by atoms with Crippen molar-refractivity contribution in [3.8, 4) is 23.6 Å². The van der Waals surface area contributed by atoms with Crippen LogP contribution in [0.2, 0.25) is 0 Å². The first-order chi connectivity index (χ1) is 18.0. The third-order valence-electron chi connectivity index (χ3n) is 7.51. The number of nitrogens with zero attached hydrogens (tertiary/aromatic N) is 5. The fraction of sp³-hybridized carbons (Fsp3) is 0.379. The van der Waals surface area contributed by atoms with Gasteiger partial charge >= 0.3 is 0 Å². The first-order valence-electron chi connectivity index (χ1n) is 12.9. The van der Waals surface area contributed by atoms with E-state index in [9.17, 15) is 4.79 Å². The molecule has 0 saturated carbocycles. The summed E-state index contributed by atoms with van der Waals surface area (Å²) in [5, 5.41) is 11.6. The van der Waals surface area contributed by atoms with Gasteiger partial charge in [-0.1, -0.05) is 41.2 Å². The lowest BCUT2D eigenvalue weighted by atomic mass is 10.0. The first kappa shape index (κ1) is 23.8. The van der Waals surface area contributed by atoms with Gasteiger partial charge in [-0.2, -0.15) is 10.2 Å². The van der Waals surface area contributed by atoms with Crippen LogP contribution in [0.4, 0.5) is 0 Å². The smallest absolute Gasteiger partial charge is 0.251 e. The van der Waals surface area contributed by atoms with Crippen molar-refractivity contribution in [2.24, 2.45) is 16.1 Å². The minimum Gasteiger partial charge on any atom is -0.352 e. The Bertz CT molecular complexity index is 1520. The summed E-state index contributed by atoms with van der Waals surface area (Å²) in [7, 11) is 0. The number of aryl methyl sites for hydroxylation is 1. The van der Waals surface area contributed by atoms with Gasteiger partial charge in [0, 0.05) is 56.2 Å². The predicted molar refractivity (Wildman–Crippen MR) is 148 cm³/mol. The Kier molecular flexibility index (Phi) is 6.27. The fourth-order valence-electron chi connectivity index (χ4n) is 5.13. The molecule has 8 heteroatoms. The number of hydrogen-bond acceptors (Lipinski definition) is 6. The molecule has 1 amide bonds. The van der Waals surface area contributed by atoms with Crippen LogP contribution >= 0.6 is 11.3 Å². The number of likely N-dealkylation sites (tertiary alicyclic amines) is 1.